The van der Waals surface area contributed by atoms with Gasteiger partial charge < -0.3 is 15.1 Å². The standard InChI is InChI=1S/C22H25NO3/c24-17-22(15-19-9-5-2-6-10-19)16-23(14-13-20(22)25)21(26)12-11-18-7-3-1-4-8-18/h1-12,20,24-25H,13-17H2/b12-11+/t20-,22+/m1/s1. The van der Waals surface area contributed by atoms with Gasteiger partial charge in [-0.2, -0.15) is 0 Å². The second-order valence-corrected chi connectivity index (χ2v) is 6.99. The summed E-state index contributed by atoms with van der Waals surface area (Å²) in [5.74, 6) is -0.0911. The minimum atomic E-state index is -0.726. The summed E-state index contributed by atoms with van der Waals surface area (Å²) in [6, 6.07) is 19.5. The molecule has 1 aliphatic rings. The SMILES string of the molecule is O=C(/C=C/c1ccccc1)N1CC[C@@H](O)[C@@](CO)(Cc2ccccc2)C1. The minimum Gasteiger partial charge on any atom is -0.396 e. The molecule has 2 aromatic rings. The van der Waals surface area contributed by atoms with Gasteiger partial charge in [-0.15, -0.1) is 0 Å². The highest BCUT2D eigenvalue weighted by atomic mass is 16.3. The predicted octanol–water partition coefficient (Wildman–Crippen LogP) is 2.51. The van der Waals surface area contributed by atoms with E-state index in [2.05, 4.69) is 0 Å². The Morgan fingerprint density at radius 2 is 1.77 bits per heavy atom. The van der Waals surface area contributed by atoms with Crippen LogP contribution < -0.4 is 0 Å². The van der Waals surface area contributed by atoms with Gasteiger partial charge in [0.15, 0.2) is 0 Å². The molecular formula is C22H25NO3. The van der Waals surface area contributed by atoms with Crippen molar-refractivity contribution in [1.82, 2.24) is 4.90 Å². The third kappa shape index (κ3) is 4.21. The quantitative estimate of drug-likeness (QED) is 0.814. The fraction of sp³-hybridized carbons (Fsp3) is 0.318. The maximum Gasteiger partial charge on any atom is 0.246 e. The Balaban J connectivity index is 1.73. The molecule has 0 radical (unpaired) electrons. The molecule has 4 heteroatoms. The number of hydrogen-bond acceptors (Lipinski definition) is 3. The fourth-order valence-corrected chi connectivity index (χ4v) is 3.56. The second kappa shape index (κ2) is 8.30. The highest BCUT2D eigenvalue weighted by Gasteiger charge is 2.43. The number of carbonyl (C=O) groups excluding carboxylic acids is 1. The Morgan fingerprint density at radius 1 is 1.12 bits per heavy atom. The third-order valence-electron chi connectivity index (χ3n) is 5.13. The van der Waals surface area contributed by atoms with Gasteiger partial charge in [0.2, 0.25) is 5.91 Å². The summed E-state index contributed by atoms with van der Waals surface area (Å²) < 4.78 is 0. The lowest BCUT2D eigenvalue weighted by Gasteiger charge is -2.45. The number of aliphatic hydroxyl groups excluding tert-OH is 2. The Morgan fingerprint density at radius 3 is 2.42 bits per heavy atom. The average Bonchev–Trinajstić information content (AvgIpc) is 2.69. The van der Waals surface area contributed by atoms with Gasteiger partial charge in [-0.05, 0) is 30.0 Å². The van der Waals surface area contributed by atoms with E-state index in [0.29, 0.717) is 25.9 Å². The summed E-state index contributed by atoms with van der Waals surface area (Å²) >= 11 is 0. The zero-order valence-electron chi connectivity index (χ0n) is 14.8. The minimum absolute atomic E-state index is 0.0911. The topological polar surface area (TPSA) is 60.8 Å². The molecule has 2 N–H and O–H groups in total. The summed E-state index contributed by atoms with van der Waals surface area (Å²) in [6.45, 7) is 0.683. The van der Waals surface area contributed by atoms with Gasteiger partial charge in [-0.25, -0.2) is 0 Å². The highest BCUT2D eigenvalue weighted by Crippen LogP contribution is 2.34. The number of amides is 1. The molecule has 1 saturated heterocycles. The molecule has 0 aliphatic carbocycles. The van der Waals surface area contributed by atoms with Crippen molar-refractivity contribution in [2.24, 2.45) is 5.41 Å². The molecule has 0 bridgehead atoms. The largest absolute Gasteiger partial charge is 0.396 e. The highest BCUT2D eigenvalue weighted by molar-refractivity contribution is 5.91. The van der Waals surface area contributed by atoms with Crippen LogP contribution in [0.3, 0.4) is 0 Å². The first-order valence-corrected chi connectivity index (χ1v) is 8.98. The molecule has 0 saturated carbocycles. The van der Waals surface area contributed by atoms with Gasteiger partial charge in [0, 0.05) is 24.6 Å². The average molecular weight is 351 g/mol. The van der Waals surface area contributed by atoms with Gasteiger partial charge in [0.1, 0.15) is 0 Å². The van der Waals surface area contributed by atoms with Crippen LogP contribution in [0.2, 0.25) is 0 Å². The number of rotatable bonds is 5. The Hall–Kier alpha value is -2.43. The molecule has 2 aromatic carbocycles. The van der Waals surface area contributed by atoms with Crippen molar-refractivity contribution < 1.29 is 15.0 Å². The number of piperidine rings is 1. The zero-order valence-corrected chi connectivity index (χ0v) is 14.8. The zero-order chi connectivity index (χ0) is 18.4. The number of nitrogens with zero attached hydrogens (tertiary/aromatic N) is 1. The molecule has 1 amide bonds. The molecule has 0 aromatic heterocycles. The molecular weight excluding hydrogens is 326 g/mol. The molecule has 1 heterocycles. The summed E-state index contributed by atoms with van der Waals surface area (Å²) in [6.07, 6.45) is 3.74. The van der Waals surface area contributed by atoms with Gasteiger partial charge >= 0.3 is 0 Å². The van der Waals surface area contributed by atoms with Crippen LogP contribution in [0.15, 0.2) is 66.7 Å². The van der Waals surface area contributed by atoms with Crippen LogP contribution in [0.4, 0.5) is 0 Å². The number of hydrogen-bond donors (Lipinski definition) is 2. The van der Waals surface area contributed by atoms with Crippen LogP contribution in [0.5, 0.6) is 0 Å². The van der Waals surface area contributed by atoms with E-state index in [-0.39, 0.29) is 12.5 Å². The van der Waals surface area contributed by atoms with Crippen molar-refractivity contribution in [3.63, 3.8) is 0 Å². The molecule has 3 rings (SSSR count). The lowest BCUT2D eigenvalue weighted by atomic mass is 9.73. The van der Waals surface area contributed by atoms with Crippen molar-refractivity contribution in [1.29, 1.82) is 0 Å². The maximum absolute atomic E-state index is 12.6. The Labute approximate surface area is 154 Å². The summed E-state index contributed by atoms with van der Waals surface area (Å²) in [7, 11) is 0. The predicted molar refractivity (Wildman–Crippen MR) is 102 cm³/mol. The first kappa shape index (κ1) is 18.4. The van der Waals surface area contributed by atoms with E-state index in [9.17, 15) is 15.0 Å². The second-order valence-electron chi connectivity index (χ2n) is 6.99. The lowest BCUT2D eigenvalue weighted by Crippen LogP contribution is -2.56. The fourth-order valence-electron chi connectivity index (χ4n) is 3.56. The van der Waals surface area contributed by atoms with Gasteiger partial charge in [-0.1, -0.05) is 60.7 Å². The molecule has 1 aliphatic heterocycles. The van der Waals surface area contributed by atoms with E-state index >= 15 is 0 Å². The molecule has 26 heavy (non-hydrogen) atoms. The number of aliphatic hydroxyl groups is 2. The van der Waals surface area contributed by atoms with Crippen molar-refractivity contribution >= 4 is 12.0 Å². The van der Waals surface area contributed by atoms with Crippen LogP contribution in [0, 0.1) is 5.41 Å². The van der Waals surface area contributed by atoms with Gasteiger partial charge in [-0.3, -0.25) is 4.79 Å². The normalized spacial score (nSPS) is 23.3. The number of benzene rings is 2. The van der Waals surface area contributed by atoms with E-state index in [1.807, 2.05) is 60.7 Å². The van der Waals surface area contributed by atoms with Crippen LogP contribution in [-0.4, -0.2) is 46.8 Å². The van der Waals surface area contributed by atoms with E-state index in [1.165, 1.54) is 0 Å². The monoisotopic (exact) mass is 351 g/mol. The van der Waals surface area contributed by atoms with Crippen LogP contribution in [0.1, 0.15) is 17.5 Å². The van der Waals surface area contributed by atoms with Gasteiger partial charge in [0.25, 0.3) is 0 Å². The smallest absolute Gasteiger partial charge is 0.246 e. The lowest BCUT2D eigenvalue weighted by molar-refractivity contribution is -0.136. The summed E-state index contributed by atoms with van der Waals surface area (Å²) in [5, 5.41) is 20.6. The van der Waals surface area contributed by atoms with Gasteiger partial charge in [0.05, 0.1) is 12.7 Å². The molecule has 0 spiro atoms. The summed E-state index contributed by atoms with van der Waals surface area (Å²) in [5.41, 5.74) is 1.29. The number of carbonyl (C=O) groups is 1. The summed E-state index contributed by atoms with van der Waals surface area (Å²) in [4.78, 5) is 14.3. The van der Waals surface area contributed by atoms with E-state index in [1.54, 1.807) is 17.1 Å². The van der Waals surface area contributed by atoms with E-state index in [0.717, 1.165) is 11.1 Å². The van der Waals surface area contributed by atoms with Crippen molar-refractivity contribution in [2.45, 2.75) is 18.9 Å². The van der Waals surface area contributed by atoms with Crippen molar-refractivity contribution in [3.05, 3.63) is 77.9 Å². The molecule has 136 valence electrons. The first-order valence-electron chi connectivity index (χ1n) is 8.98. The van der Waals surface area contributed by atoms with Crippen molar-refractivity contribution in [2.75, 3.05) is 19.7 Å². The maximum atomic E-state index is 12.6. The molecule has 1 fully saturated rings. The van der Waals surface area contributed by atoms with E-state index < -0.39 is 11.5 Å². The Kier molecular flexibility index (Phi) is 5.86. The van der Waals surface area contributed by atoms with Crippen LogP contribution in [-0.2, 0) is 11.2 Å². The first-order chi connectivity index (χ1) is 12.6. The third-order valence-corrected chi connectivity index (χ3v) is 5.13. The van der Waals surface area contributed by atoms with E-state index in [4.69, 9.17) is 0 Å². The molecule has 0 unspecified atom stereocenters. The van der Waals surface area contributed by atoms with Crippen LogP contribution in [0.25, 0.3) is 6.08 Å². The van der Waals surface area contributed by atoms with Crippen LogP contribution >= 0.6 is 0 Å². The number of likely N-dealkylation sites (tertiary alicyclic amines) is 1. The molecule has 4 nitrogen and oxygen atoms in total. The van der Waals surface area contributed by atoms with Crippen molar-refractivity contribution in [3.8, 4) is 0 Å². The molecule has 2 atom stereocenters. The Bertz CT molecular complexity index is 744.